The predicted octanol–water partition coefficient (Wildman–Crippen LogP) is 2.47. The molecule has 0 spiro atoms. The van der Waals surface area contributed by atoms with Gasteiger partial charge in [-0.05, 0) is 29.9 Å². The van der Waals surface area contributed by atoms with Gasteiger partial charge >= 0.3 is 0 Å². The summed E-state index contributed by atoms with van der Waals surface area (Å²) >= 11 is 0. The summed E-state index contributed by atoms with van der Waals surface area (Å²) in [5.74, 6) is 0.280. The van der Waals surface area contributed by atoms with Crippen molar-refractivity contribution in [2.24, 2.45) is 11.5 Å². The number of benzene rings is 1. The van der Waals surface area contributed by atoms with Crippen LogP contribution in [-0.2, 0) is 4.79 Å². The predicted molar refractivity (Wildman–Crippen MR) is 70.5 cm³/mol. The Labute approximate surface area is 103 Å². The van der Waals surface area contributed by atoms with Crippen molar-refractivity contribution >= 4 is 5.91 Å². The van der Waals surface area contributed by atoms with Gasteiger partial charge in [-0.1, -0.05) is 38.1 Å². The lowest BCUT2D eigenvalue weighted by Gasteiger charge is -2.13. The Balaban J connectivity index is 2.63. The molecule has 3 heteroatoms. The second-order valence-corrected chi connectivity index (χ2v) is 4.59. The molecule has 2 atom stereocenters. The van der Waals surface area contributed by atoms with E-state index in [4.69, 9.17) is 11.5 Å². The smallest absolute Gasteiger partial charge is 0.217 e. The van der Waals surface area contributed by atoms with Gasteiger partial charge in [-0.25, -0.2) is 0 Å². The first-order chi connectivity index (χ1) is 8.04. The molecule has 1 amide bonds. The molecule has 0 heterocycles. The Morgan fingerprint density at radius 1 is 1.24 bits per heavy atom. The van der Waals surface area contributed by atoms with E-state index in [1.807, 2.05) is 12.1 Å². The highest BCUT2D eigenvalue weighted by molar-refractivity contribution is 5.73. The van der Waals surface area contributed by atoms with Crippen molar-refractivity contribution < 1.29 is 4.79 Å². The molecular weight excluding hydrogens is 212 g/mol. The molecule has 0 saturated carbocycles. The molecule has 3 nitrogen and oxygen atoms in total. The summed E-state index contributed by atoms with van der Waals surface area (Å²) < 4.78 is 0. The van der Waals surface area contributed by atoms with Gasteiger partial charge in [0.25, 0.3) is 0 Å². The Kier molecular flexibility index (Phi) is 5.16. The van der Waals surface area contributed by atoms with E-state index in [1.165, 1.54) is 5.56 Å². The molecule has 0 fully saturated rings. The fourth-order valence-electron chi connectivity index (χ4n) is 1.77. The van der Waals surface area contributed by atoms with Crippen molar-refractivity contribution in [1.82, 2.24) is 0 Å². The zero-order valence-electron chi connectivity index (χ0n) is 10.6. The number of amides is 1. The third-order valence-electron chi connectivity index (χ3n) is 3.25. The first-order valence-corrected chi connectivity index (χ1v) is 6.18. The maximum atomic E-state index is 10.7. The van der Waals surface area contributed by atoms with Crippen LogP contribution in [-0.4, -0.2) is 5.91 Å². The third-order valence-corrected chi connectivity index (χ3v) is 3.25. The van der Waals surface area contributed by atoms with E-state index >= 15 is 0 Å². The molecule has 0 aliphatic heterocycles. The topological polar surface area (TPSA) is 69.1 Å². The lowest BCUT2D eigenvalue weighted by atomic mass is 9.95. The first-order valence-electron chi connectivity index (χ1n) is 6.18. The van der Waals surface area contributed by atoms with E-state index in [2.05, 4.69) is 26.0 Å². The van der Waals surface area contributed by atoms with Crippen molar-refractivity contribution in [1.29, 1.82) is 0 Å². The molecule has 2 unspecified atom stereocenters. The fourth-order valence-corrected chi connectivity index (χ4v) is 1.77. The van der Waals surface area contributed by atoms with Crippen LogP contribution in [0.5, 0.6) is 0 Å². The van der Waals surface area contributed by atoms with E-state index < -0.39 is 0 Å². The zero-order chi connectivity index (χ0) is 12.8. The van der Waals surface area contributed by atoms with Crippen molar-refractivity contribution in [3.05, 3.63) is 35.4 Å². The minimum absolute atomic E-state index is 0.103. The van der Waals surface area contributed by atoms with Crippen LogP contribution in [0.1, 0.15) is 56.2 Å². The van der Waals surface area contributed by atoms with Crippen LogP contribution in [0.4, 0.5) is 0 Å². The molecule has 1 aromatic rings. The molecule has 0 bridgehead atoms. The van der Waals surface area contributed by atoms with Gasteiger partial charge in [-0.2, -0.15) is 0 Å². The fraction of sp³-hybridized carbons (Fsp3) is 0.500. The van der Waals surface area contributed by atoms with Crippen molar-refractivity contribution in [3.63, 3.8) is 0 Å². The van der Waals surface area contributed by atoms with Gasteiger partial charge in [0.05, 0.1) is 0 Å². The molecule has 1 rings (SSSR count). The number of carbonyl (C=O) groups excluding carboxylic acids is 1. The molecule has 0 aromatic heterocycles. The maximum Gasteiger partial charge on any atom is 0.217 e. The Morgan fingerprint density at radius 2 is 1.76 bits per heavy atom. The minimum Gasteiger partial charge on any atom is -0.370 e. The van der Waals surface area contributed by atoms with E-state index in [0.29, 0.717) is 18.8 Å². The highest BCUT2D eigenvalue weighted by atomic mass is 16.1. The van der Waals surface area contributed by atoms with Crippen molar-refractivity contribution in [3.8, 4) is 0 Å². The van der Waals surface area contributed by atoms with E-state index in [9.17, 15) is 4.79 Å². The lowest BCUT2D eigenvalue weighted by Crippen LogP contribution is -2.16. The Hall–Kier alpha value is -1.35. The second kappa shape index (κ2) is 6.40. The van der Waals surface area contributed by atoms with Crippen LogP contribution in [0, 0.1) is 0 Å². The minimum atomic E-state index is -0.295. The van der Waals surface area contributed by atoms with Crippen LogP contribution >= 0.6 is 0 Å². The van der Waals surface area contributed by atoms with E-state index in [1.54, 1.807) is 0 Å². The maximum absolute atomic E-state index is 10.7. The van der Waals surface area contributed by atoms with Crippen LogP contribution < -0.4 is 11.5 Å². The molecule has 0 saturated heterocycles. The molecule has 4 N–H and O–H groups in total. The summed E-state index contributed by atoms with van der Waals surface area (Å²) in [6.07, 6.45) is 2.08. The van der Waals surface area contributed by atoms with Gasteiger partial charge in [-0.3, -0.25) is 4.79 Å². The number of primary amides is 1. The molecule has 0 radical (unpaired) electrons. The lowest BCUT2D eigenvalue weighted by molar-refractivity contribution is -0.118. The molecule has 1 aromatic carbocycles. The monoisotopic (exact) mass is 234 g/mol. The average molecular weight is 234 g/mol. The van der Waals surface area contributed by atoms with E-state index in [-0.39, 0.29) is 11.9 Å². The van der Waals surface area contributed by atoms with E-state index in [0.717, 1.165) is 12.0 Å². The number of rotatable bonds is 6. The zero-order valence-corrected chi connectivity index (χ0v) is 10.6. The Bertz CT molecular complexity index is 359. The molecule has 94 valence electrons. The number of carbonyl (C=O) groups is 1. The van der Waals surface area contributed by atoms with Crippen LogP contribution in [0.25, 0.3) is 0 Å². The van der Waals surface area contributed by atoms with Gasteiger partial charge in [0.1, 0.15) is 0 Å². The van der Waals surface area contributed by atoms with Gasteiger partial charge in [0.2, 0.25) is 5.91 Å². The van der Waals surface area contributed by atoms with Crippen molar-refractivity contribution in [2.75, 3.05) is 0 Å². The normalized spacial score (nSPS) is 14.3. The highest BCUT2D eigenvalue weighted by Gasteiger charge is 2.08. The standard InChI is InChI=1S/C14H22N2O/c1-3-10(2)11-4-6-12(7-5-11)13(15)8-9-14(16)17/h4-7,10,13H,3,8-9,15H2,1-2H3,(H2,16,17). The number of hydrogen-bond acceptors (Lipinski definition) is 2. The molecular formula is C14H22N2O. The molecule has 0 aliphatic carbocycles. The van der Waals surface area contributed by atoms with Crippen molar-refractivity contribution in [2.45, 2.75) is 45.1 Å². The largest absolute Gasteiger partial charge is 0.370 e. The van der Waals surface area contributed by atoms with Gasteiger partial charge in [-0.15, -0.1) is 0 Å². The Morgan fingerprint density at radius 3 is 2.24 bits per heavy atom. The number of nitrogens with two attached hydrogens (primary N) is 2. The second-order valence-electron chi connectivity index (χ2n) is 4.59. The molecule has 0 aliphatic rings. The summed E-state index contributed by atoms with van der Waals surface area (Å²) in [5.41, 5.74) is 13.5. The summed E-state index contributed by atoms with van der Waals surface area (Å²) in [5, 5.41) is 0. The summed E-state index contributed by atoms with van der Waals surface area (Å²) in [7, 11) is 0. The summed E-state index contributed by atoms with van der Waals surface area (Å²) in [6, 6.07) is 8.23. The third kappa shape index (κ3) is 4.19. The average Bonchev–Trinajstić information content (AvgIpc) is 2.35. The molecule has 17 heavy (non-hydrogen) atoms. The first kappa shape index (κ1) is 13.7. The van der Waals surface area contributed by atoms with Gasteiger partial charge < -0.3 is 11.5 Å². The SMILES string of the molecule is CCC(C)c1ccc(C(N)CCC(N)=O)cc1. The summed E-state index contributed by atoms with van der Waals surface area (Å²) in [4.78, 5) is 10.7. The van der Waals surface area contributed by atoms with Gasteiger partial charge in [0, 0.05) is 12.5 Å². The van der Waals surface area contributed by atoms with Crippen LogP contribution in [0.3, 0.4) is 0 Å². The summed E-state index contributed by atoms with van der Waals surface area (Å²) in [6.45, 7) is 4.39. The number of hydrogen-bond donors (Lipinski definition) is 2. The highest BCUT2D eigenvalue weighted by Crippen LogP contribution is 2.22. The van der Waals surface area contributed by atoms with Gasteiger partial charge in [0.15, 0.2) is 0 Å². The van der Waals surface area contributed by atoms with Crippen LogP contribution in [0.15, 0.2) is 24.3 Å². The van der Waals surface area contributed by atoms with Crippen LogP contribution in [0.2, 0.25) is 0 Å². The quantitative estimate of drug-likeness (QED) is 0.793.